The Hall–Kier alpha value is -1.92. The maximum Gasteiger partial charge on any atom is 0.174 e. The Morgan fingerprint density at radius 2 is 1.79 bits per heavy atom. The predicted octanol–water partition coefficient (Wildman–Crippen LogP) is 6.76. The molecule has 0 unspecified atom stereocenters. The minimum Gasteiger partial charge on any atom is -0.493 e. The van der Waals surface area contributed by atoms with Gasteiger partial charge in [0, 0.05) is 17.3 Å². The number of methoxy groups -OCH3 is 1. The smallest absolute Gasteiger partial charge is 0.174 e. The summed E-state index contributed by atoms with van der Waals surface area (Å²) in [6.45, 7) is 5.41. The van der Waals surface area contributed by atoms with Crippen LogP contribution in [0.25, 0.3) is 0 Å². The Morgan fingerprint density at radius 3 is 2.54 bits per heavy atom. The van der Waals surface area contributed by atoms with Crippen molar-refractivity contribution in [2.24, 2.45) is 0 Å². The van der Waals surface area contributed by atoms with Crippen molar-refractivity contribution < 1.29 is 9.47 Å². The van der Waals surface area contributed by atoms with E-state index in [1.54, 1.807) is 7.11 Å². The molecule has 0 radical (unpaired) electrons. The lowest BCUT2D eigenvalue weighted by molar-refractivity contribution is 0.282. The molecule has 0 fully saturated rings. The first-order valence-electron chi connectivity index (χ1n) is 9.01. The first-order chi connectivity index (χ1) is 13.5. The average molecular weight is 508 g/mol. The number of halogens is 2. The fraction of sp³-hybridized carbons (Fsp3) is 0.217. The molecule has 1 N–H and O–H groups in total. The zero-order chi connectivity index (χ0) is 20.1. The highest BCUT2D eigenvalue weighted by Crippen LogP contribution is 2.35. The van der Waals surface area contributed by atoms with Crippen molar-refractivity contribution in [1.82, 2.24) is 0 Å². The third-order valence-electron chi connectivity index (χ3n) is 4.65. The maximum atomic E-state index is 6.05. The van der Waals surface area contributed by atoms with Gasteiger partial charge in [-0.15, -0.1) is 0 Å². The van der Waals surface area contributed by atoms with Gasteiger partial charge in [-0.3, -0.25) is 0 Å². The molecule has 0 bridgehead atoms. The minimum atomic E-state index is 0.438. The van der Waals surface area contributed by atoms with E-state index < -0.39 is 0 Å². The van der Waals surface area contributed by atoms with Crippen LogP contribution < -0.4 is 14.8 Å². The van der Waals surface area contributed by atoms with Gasteiger partial charge in [0.25, 0.3) is 0 Å². The Morgan fingerprint density at radius 1 is 1.00 bits per heavy atom. The van der Waals surface area contributed by atoms with Gasteiger partial charge < -0.3 is 14.8 Å². The molecule has 3 aromatic carbocycles. The zero-order valence-electron chi connectivity index (χ0n) is 16.2. The van der Waals surface area contributed by atoms with Crippen LogP contribution in [0.15, 0.2) is 54.6 Å². The van der Waals surface area contributed by atoms with Crippen molar-refractivity contribution in [3.63, 3.8) is 0 Å². The quantitative estimate of drug-likeness (QED) is 0.358. The SMILES string of the molecule is COc1cc(CNc2cccc(C)c2C)cc(I)c1OCc1cccc(Cl)c1. The van der Waals surface area contributed by atoms with E-state index in [1.165, 1.54) is 11.1 Å². The number of aryl methyl sites for hydroxylation is 1. The summed E-state index contributed by atoms with van der Waals surface area (Å²) < 4.78 is 12.6. The Labute approximate surface area is 185 Å². The van der Waals surface area contributed by atoms with Crippen molar-refractivity contribution in [3.05, 3.63) is 85.4 Å². The molecule has 0 atom stereocenters. The molecule has 0 aliphatic carbocycles. The lowest BCUT2D eigenvalue weighted by Crippen LogP contribution is -2.04. The summed E-state index contributed by atoms with van der Waals surface area (Å²) >= 11 is 8.35. The van der Waals surface area contributed by atoms with E-state index in [0.717, 1.165) is 31.9 Å². The van der Waals surface area contributed by atoms with E-state index in [-0.39, 0.29) is 0 Å². The molecule has 0 saturated carbocycles. The third-order valence-corrected chi connectivity index (χ3v) is 5.69. The van der Waals surface area contributed by atoms with Crippen LogP contribution in [0, 0.1) is 17.4 Å². The van der Waals surface area contributed by atoms with Gasteiger partial charge in [0.1, 0.15) is 6.61 Å². The summed E-state index contributed by atoms with van der Waals surface area (Å²) in [5.41, 5.74) is 5.85. The Kier molecular flexibility index (Phi) is 7.08. The van der Waals surface area contributed by atoms with Crippen molar-refractivity contribution in [3.8, 4) is 11.5 Å². The molecule has 0 amide bonds. The van der Waals surface area contributed by atoms with Gasteiger partial charge in [-0.1, -0.05) is 35.9 Å². The van der Waals surface area contributed by atoms with E-state index in [9.17, 15) is 0 Å². The topological polar surface area (TPSA) is 30.5 Å². The lowest BCUT2D eigenvalue weighted by Gasteiger charge is -2.16. The van der Waals surface area contributed by atoms with E-state index >= 15 is 0 Å². The standard InChI is InChI=1S/C23H23ClINO2/c1-15-6-4-9-21(16(15)2)26-13-18-11-20(25)23(22(12-18)27-3)28-14-17-7-5-8-19(24)10-17/h4-12,26H,13-14H2,1-3H3. The fourth-order valence-electron chi connectivity index (χ4n) is 2.94. The minimum absolute atomic E-state index is 0.438. The summed E-state index contributed by atoms with van der Waals surface area (Å²) in [5.74, 6) is 1.48. The zero-order valence-corrected chi connectivity index (χ0v) is 19.1. The number of hydrogen-bond acceptors (Lipinski definition) is 3. The van der Waals surface area contributed by atoms with Gasteiger partial charge in [-0.05, 0) is 89.0 Å². The lowest BCUT2D eigenvalue weighted by atomic mass is 10.1. The first kappa shape index (κ1) is 20.8. The summed E-state index contributed by atoms with van der Waals surface area (Å²) in [4.78, 5) is 0. The predicted molar refractivity (Wildman–Crippen MR) is 125 cm³/mol. The van der Waals surface area contributed by atoms with Crippen LogP contribution in [-0.4, -0.2) is 7.11 Å². The van der Waals surface area contributed by atoms with Crippen LogP contribution in [-0.2, 0) is 13.2 Å². The number of ether oxygens (including phenoxy) is 2. The van der Waals surface area contributed by atoms with E-state index in [0.29, 0.717) is 18.2 Å². The van der Waals surface area contributed by atoms with Crippen LogP contribution in [0.4, 0.5) is 5.69 Å². The molecule has 0 saturated heterocycles. The molecule has 3 rings (SSSR count). The molecule has 28 heavy (non-hydrogen) atoms. The molecular weight excluding hydrogens is 485 g/mol. The molecule has 0 aliphatic rings. The molecule has 0 aliphatic heterocycles. The molecular formula is C23H23ClINO2. The largest absolute Gasteiger partial charge is 0.493 e. The molecule has 0 heterocycles. The van der Waals surface area contributed by atoms with Crippen molar-refractivity contribution >= 4 is 39.9 Å². The molecule has 0 spiro atoms. The van der Waals surface area contributed by atoms with Crippen LogP contribution in [0.2, 0.25) is 5.02 Å². The number of rotatable bonds is 7. The van der Waals surface area contributed by atoms with Crippen molar-refractivity contribution in [2.45, 2.75) is 27.0 Å². The second kappa shape index (κ2) is 9.52. The number of benzene rings is 3. The van der Waals surface area contributed by atoms with Gasteiger partial charge in [0.2, 0.25) is 0 Å². The Bertz CT molecular complexity index is 975. The summed E-state index contributed by atoms with van der Waals surface area (Å²) in [7, 11) is 1.67. The molecule has 5 heteroatoms. The van der Waals surface area contributed by atoms with E-state index in [2.05, 4.69) is 66.0 Å². The van der Waals surface area contributed by atoms with Gasteiger partial charge in [-0.2, -0.15) is 0 Å². The summed E-state index contributed by atoms with van der Waals surface area (Å²) in [6, 6.07) is 18.1. The molecule has 3 aromatic rings. The van der Waals surface area contributed by atoms with Crippen LogP contribution in [0.3, 0.4) is 0 Å². The van der Waals surface area contributed by atoms with Crippen LogP contribution in [0.5, 0.6) is 11.5 Å². The van der Waals surface area contributed by atoms with Gasteiger partial charge in [0.15, 0.2) is 11.5 Å². The van der Waals surface area contributed by atoms with Crippen molar-refractivity contribution in [2.75, 3.05) is 12.4 Å². The first-order valence-corrected chi connectivity index (χ1v) is 10.5. The highest BCUT2D eigenvalue weighted by molar-refractivity contribution is 14.1. The molecule has 3 nitrogen and oxygen atoms in total. The summed E-state index contributed by atoms with van der Waals surface area (Å²) in [6.07, 6.45) is 0. The van der Waals surface area contributed by atoms with Gasteiger partial charge >= 0.3 is 0 Å². The molecule has 146 valence electrons. The van der Waals surface area contributed by atoms with Crippen LogP contribution >= 0.6 is 34.2 Å². The molecule has 0 aromatic heterocycles. The maximum absolute atomic E-state index is 6.05. The van der Waals surface area contributed by atoms with E-state index in [1.807, 2.05) is 30.3 Å². The fourth-order valence-corrected chi connectivity index (χ4v) is 3.97. The van der Waals surface area contributed by atoms with Gasteiger partial charge in [-0.25, -0.2) is 0 Å². The normalized spacial score (nSPS) is 10.6. The highest BCUT2D eigenvalue weighted by atomic mass is 127. The van der Waals surface area contributed by atoms with Gasteiger partial charge in [0.05, 0.1) is 10.7 Å². The number of nitrogens with one attached hydrogen (secondary N) is 1. The number of hydrogen-bond donors (Lipinski definition) is 1. The van der Waals surface area contributed by atoms with Crippen molar-refractivity contribution in [1.29, 1.82) is 0 Å². The second-order valence-corrected chi connectivity index (χ2v) is 8.23. The second-order valence-electron chi connectivity index (χ2n) is 6.63. The number of anilines is 1. The average Bonchev–Trinajstić information content (AvgIpc) is 2.68. The monoisotopic (exact) mass is 507 g/mol. The van der Waals surface area contributed by atoms with E-state index in [4.69, 9.17) is 21.1 Å². The Balaban J connectivity index is 1.74. The van der Waals surface area contributed by atoms with Crippen LogP contribution in [0.1, 0.15) is 22.3 Å². The summed E-state index contributed by atoms with van der Waals surface area (Å²) in [5, 5.41) is 4.22. The third kappa shape index (κ3) is 5.11. The highest BCUT2D eigenvalue weighted by Gasteiger charge is 2.12.